The first kappa shape index (κ1) is 15.0. The standard InChI is InChI=1S/C11H17N3O4S2/c1-2-20(17,18)14-11-4-3-9(7-12-11)13-10-5-6-19(15,16)8-10/h3-4,7,10,13H,2,5-6,8H2,1H3,(H,12,14). The van der Waals surface area contributed by atoms with Crippen LogP contribution in [-0.4, -0.2) is 45.1 Å². The van der Waals surface area contributed by atoms with Crippen LogP contribution in [0.5, 0.6) is 0 Å². The predicted octanol–water partition coefficient (Wildman–Crippen LogP) is 0.442. The summed E-state index contributed by atoms with van der Waals surface area (Å²) in [5, 5.41) is 3.08. The summed E-state index contributed by atoms with van der Waals surface area (Å²) in [5.41, 5.74) is 0.673. The first-order valence-electron chi connectivity index (χ1n) is 6.23. The Bertz CT molecular complexity index is 668. The number of anilines is 2. The molecule has 2 rings (SSSR count). The van der Waals surface area contributed by atoms with E-state index in [1.54, 1.807) is 19.1 Å². The maximum absolute atomic E-state index is 11.4. The Balaban J connectivity index is 1.99. The first-order valence-corrected chi connectivity index (χ1v) is 9.70. The monoisotopic (exact) mass is 319 g/mol. The van der Waals surface area contributed by atoms with E-state index in [1.165, 1.54) is 6.20 Å². The van der Waals surface area contributed by atoms with Gasteiger partial charge >= 0.3 is 0 Å². The highest BCUT2D eigenvalue weighted by atomic mass is 32.2. The van der Waals surface area contributed by atoms with Gasteiger partial charge in [-0.1, -0.05) is 0 Å². The van der Waals surface area contributed by atoms with Crippen molar-refractivity contribution in [2.75, 3.05) is 27.3 Å². The smallest absolute Gasteiger partial charge is 0.233 e. The Labute approximate surface area is 118 Å². The van der Waals surface area contributed by atoms with Crippen molar-refractivity contribution in [1.82, 2.24) is 4.98 Å². The lowest BCUT2D eigenvalue weighted by molar-refractivity contribution is 0.600. The van der Waals surface area contributed by atoms with E-state index in [0.717, 1.165) is 0 Å². The minimum Gasteiger partial charge on any atom is -0.380 e. The number of hydrogen-bond donors (Lipinski definition) is 2. The average molecular weight is 319 g/mol. The van der Waals surface area contributed by atoms with Crippen LogP contribution in [0.3, 0.4) is 0 Å². The summed E-state index contributed by atoms with van der Waals surface area (Å²) in [6, 6.07) is 3.10. The van der Waals surface area contributed by atoms with Gasteiger partial charge in [0.2, 0.25) is 10.0 Å². The molecule has 1 aliphatic heterocycles. The Hall–Kier alpha value is -1.35. The summed E-state index contributed by atoms with van der Waals surface area (Å²) in [6.45, 7) is 1.54. The van der Waals surface area contributed by atoms with Gasteiger partial charge in [0, 0.05) is 6.04 Å². The Morgan fingerprint density at radius 1 is 1.40 bits per heavy atom. The lowest BCUT2D eigenvalue weighted by Crippen LogP contribution is -2.20. The maximum atomic E-state index is 11.4. The fraction of sp³-hybridized carbons (Fsp3) is 0.545. The van der Waals surface area contributed by atoms with Crippen LogP contribution in [-0.2, 0) is 19.9 Å². The van der Waals surface area contributed by atoms with Gasteiger partial charge in [-0.05, 0) is 25.5 Å². The zero-order chi connectivity index (χ0) is 14.8. The Morgan fingerprint density at radius 3 is 2.65 bits per heavy atom. The number of sulfone groups is 1. The van der Waals surface area contributed by atoms with Crippen LogP contribution in [0.1, 0.15) is 13.3 Å². The number of nitrogens with zero attached hydrogens (tertiary/aromatic N) is 1. The average Bonchev–Trinajstić information content (AvgIpc) is 2.71. The molecule has 1 aromatic rings. The molecule has 1 aromatic heterocycles. The van der Waals surface area contributed by atoms with Gasteiger partial charge in [0.05, 0.1) is 29.1 Å². The van der Waals surface area contributed by atoms with Crippen molar-refractivity contribution in [3.8, 4) is 0 Å². The fourth-order valence-corrected chi connectivity index (χ4v) is 4.17. The van der Waals surface area contributed by atoms with E-state index in [4.69, 9.17) is 0 Å². The fourth-order valence-electron chi connectivity index (χ4n) is 1.92. The molecule has 7 nitrogen and oxygen atoms in total. The molecule has 20 heavy (non-hydrogen) atoms. The van der Waals surface area contributed by atoms with E-state index in [2.05, 4.69) is 15.0 Å². The molecule has 0 aromatic carbocycles. The minimum absolute atomic E-state index is 0.0192. The molecular formula is C11H17N3O4S2. The first-order chi connectivity index (χ1) is 9.30. The molecule has 1 fully saturated rings. The molecule has 0 bridgehead atoms. The van der Waals surface area contributed by atoms with Crippen molar-refractivity contribution in [3.63, 3.8) is 0 Å². The SMILES string of the molecule is CCS(=O)(=O)Nc1ccc(NC2CCS(=O)(=O)C2)cn1. The van der Waals surface area contributed by atoms with Crippen molar-refractivity contribution < 1.29 is 16.8 Å². The van der Waals surface area contributed by atoms with Gasteiger partial charge < -0.3 is 5.32 Å². The highest BCUT2D eigenvalue weighted by molar-refractivity contribution is 7.92. The third-order valence-corrected chi connectivity index (χ3v) is 6.05. The van der Waals surface area contributed by atoms with Crippen LogP contribution < -0.4 is 10.0 Å². The Kier molecular flexibility index (Phi) is 4.19. The second kappa shape index (κ2) is 5.57. The van der Waals surface area contributed by atoms with Crippen LogP contribution in [0.2, 0.25) is 0 Å². The van der Waals surface area contributed by atoms with Crippen molar-refractivity contribution >= 4 is 31.4 Å². The van der Waals surface area contributed by atoms with Crippen molar-refractivity contribution in [2.24, 2.45) is 0 Å². The predicted molar refractivity (Wildman–Crippen MR) is 78.0 cm³/mol. The largest absolute Gasteiger partial charge is 0.380 e. The third-order valence-electron chi connectivity index (χ3n) is 3.01. The lowest BCUT2D eigenvalue weighted by Gasteiger charge is -2.12. The van der Waals surface area contributed by atoms with Crippen LogP contribution in [0.4, 0.5) is 11.5 Å². The number of sulfonamides is 1. The molecule has 0 saturated carbocycles. The van der Waals surface area contributed by atoms with E-state index >= 15 is 0 Å². The molecule has 1 aliphatic rings. The molecule has 1 saturated heterocycles. The molecule has 1 atom stereocenters. The van der Waals surface area contributed by atoms with Crippen LogP contribution >= 0.6 is 0 Å². The number of pyridine rings is 1. The van der Waals surface area contributed by atoms with Gasteiger partial charge in [0.1, 0.15) is 5.82 Å². The van der Waals surface area contributed by atoms with Crippen molar-refractivity contribution in [1.29, 1.82) is 0 Å². The van der Waals surface area contributed by atoms with Crippen molar-refractivity contribution in [2.45, 2.75) is 19.4 Å². The topological polar surface area (TPSA) is 105 Å². The van der Waals surface area contributed by atoms with Gasteiger partial charge in [0.15, 0.2) is 9.84 Å². The van der Waals surface area contributed by atoms with E-state index in [0.29, 0.717) is 12.1 Å². The summed E-state index contributed by atoms with van der Waals surface area (Å²) < 4.78 is 47.8. The van der Waals surface area contributed by atoms with Crippen molar-refractivity contribution in [3.05, 3.63) is 18.3 Å². The molecule has 0 aliphatic carbocycles. The van der Waals surface area contributed by atoms with Crippen LogP contribution in [0.25, 0.3) is 0 Å². The summed E-state index contributed by atoms with van der Waals surface area (Å²) in [6.07, 6.45) is 2.06. The lowest BCUT2D eigenvalue weighted by atomic mass is 10.2. The van der Waals surface area contributed by atoms with Gasteiger partial charge in [-0.25, -0.2) is 21.8 Å². The Morgan fingerprint density at radius 2 is 2.15 bits per heavy atom. The quantitative estimate of drug-likeness (QED) is 0.816. The van der Waals surface area contributed by atoms with Crippen LogP contribution in [0, 0.1) is 0 Å². The highest BCUT2D eigenvalue weighted by Gasteiger charge is 2.27. The summed E-state index contributed by atoms with van der Waals surface area (Å²) >= 11 is 0. The maximum Gasteiger partial charge on any atom is 0.233 e. The number of hydrogen-bond acceptors (Lipinski definition) is 6. The summed E-state index contributed by atoms with van der Waals surface area (Å²) in [4.78, 5) is 3.99. The minimum atomic E-state index is -3.34. The molecule has 9 heteroatoms. The summed E-state index contributed by atoms with van der Waals surface area (Å²) in [7, 11) is -6.26. The second-order valence-corrected chi connectivity index (χ2v) is 8.92. The van der Waals surface area contributed by atoms with E-state index in [1.807, 2.05) is 0 Å². The second-order valence-electron chi connectivity index (χ2n) is 4.68. The molecule has 0 amide bonds. The molecule has 1 unspecified atom stereocenters. The third kappa shape index (κ3) is 4.07. The zero-order valence-electron chi connectivity index (χ0n) is 11.0. The number of rotatable bonds is 5. The molecule has 2 N–H and O–H groups in total. The van der Waals surface area contributed by atoms with Gasteiger partial charge in [-0.3, -0.25) is 4.72 Å². The molecule has 112 valence electrons. The van der Waals surface area contributed by atoms with Gasteiger partial charge in [-0.15, -0.1) is 0 Å². The summed E-state index contributed by atoms with van der Waals surface area (Å²) in [5.74, 6) is 0.551. The van der Waals surface area contributed by atoms with Crippen LogP contribution in [0.15, 0.2) is 18.3 Å². The zero-order valence-corrected chi connectivity index (χ0v) is 12.7. The molecule has 2 heterocycles. The molecular weight excluding hydrogens is 302 g/mol. The molecule has 0 radical (unpaired) electrons. The van der Waals surface area contributed by atoms with E-state index < -0.39 is 19.9 Å². The number of aromatic nitrogens is 1. The van der Waals surface area contributed by atoms with E-state index in [9.17, 15) is 16.8 Å². The highest BCUT2D eigenvalue weighted by Crippen LogP contribution is 2.18. The van der Waals surface area contributed by atoms with E-state index in [-0.39, 0.29) is 29.1 Å². The molecule has 0 spiro atoms. The van der Waals surface area contributed by atoms with Gasteiger partial charge in [0.25, 0.3) is 0 Å². The normalized spacial score (nSPS) is 21.6. The number of nitrogens with one attached hydrogen (secondary N) is 2. The van der Waals surface area contributed by atoms with Gasteiger partial charge in [-0.2, -0.15) is 0 Å².